The molecule has 2 heterocycles. The zero-order valence-corrected chi connectivity index (χ0v) is 11.2. The van der Waals surface area contributed by atoms with Crippen molar-refractivity contribution in [3.63, 3.8) is 0 Å². The van der Waals surface area contributed by atoms with Gasteiger partial charge < -0.3 is 10.0 Å². The molecule has 1 saturated heterocycles. The van der Waals surface area contributed by atoms with E-state index < -0.39 is 0 Å². The molecule has 0 bridgehead atoms. The number of rotatable bonds is 4. The summed E-state index contributed by atoms with van der Waals surface area (Å²) in [7, 11) is 0. The van der Waals surface area contributed by atoms with Crippen molar-refractivity contribution in [2.45, 2.75) is 20.0 Å². The van der Waals surface area contributed by atoms with Crippen LogP contribution in [-0.4, -0.2) is 58.8 Å². The van der Waals surface area contributed by atoms with Crippen LogP contribution in [-0.2, 0) is 0 Å². The van der Waals surface area contributed by atoms with E-state index in [1.165, 1.54) is 0 Å². The van der Waals surface area contributed by atoms with Crippen molar-refractivity contribution in [3.8, 4) is 0 Å². The van der Waals surface area contributed by atoms with Gasteiger partial charge in [0.15, 0.2) is 0 Å². The summed E-state index contributed by atoms with van der Waals surface area (Å²) in [5.41, 5.74) is 0. The molecule has 5 nitrogen and oxygen atoms in total. The number of aliphatic hydroxyl groups is 1. The van der Waals surface area contributed by atoms with Crippen molar-refractivity contribution in [2.75, 3.05) is 37.6 Å². The summed E-state index contributed by atoms with van der Waals surface area (Å²) in [5, 5.41) is 9.88. The van der Waals surface area contributed by atoms with E-state index in [1.807, 2.05) is 6.07 Å². The Morgan fingerprint density at radius 3 is 2.33 bits per heavy atom. The van der Waals surface area contributed by atoms with Crippen LogP contribution >= 0.6 is 0 Å². The number of β-amino-alcohol motifs (C(OH)–C–C–N with tert-alkyl or cyclic N) is 1. The predicted molar refractivity (Wildman–Crippen MR) is 71.5 cm³/mol. The molecule has 0 amide bonds. The Morgan fingerprint density at radius 2 is 1.78 bits per heavy atom. The molecule has 0 spiro atoms. The van der Waals surface area contributed by atoms with Gasteiger partial charge in [0.05, 0.1) is 6.10 Å². The zero-order valence-electron chi connectivity index (χ0n) is 11.2. The Kier molecular flexibility index (Phi) is 4.49. The molecule has 100 valence electrons. The fourth-order valence-electron chi connectivity index (χ4n) is 2.06. The SMILES string of the molecule is CC(C)C(O)CN1CCN(c2ncccn2)CC1. The van der Waals surface area contributed by atoms with Crippen LogP contribution in [0.2, 0.25) is 0 Å². The summed E-state index contributed by atoms with van der Waals surface area (Å²) in [6.45, 7) is 8.65. The molecule has 0 aromatic carbocycles. The van der Waals surface area contributed by atoms with Gasteiger partial charge in [-0.25, -0.2) is 9.97 Å². The maximum Gasteiger partial charge on any atom is 0.225 e. The van der Waals surface area contributed by atoms with Crippen molar-refractivity contribution in [1.29, 1.82) is 0 Å². The third-order valence-corrected chi connectivity index (χ3v) is 3.42. The average molecular weight is 250 g/mol. The topological polar surface area (TPSA) is 52.5 Å². The van der Waals surface area contributed by atoms with Gasteiger partial charge in [0.25, 0.3) is 0 Å². The van der Waals surface area contributed by atoms with Crippen LogP contribution in [0.25, 0.3) is 0 Å². The molecule has 0 radical (unpaired) electrons. The third-order valence-electron chi connectivity index (χ3n) is 3.42. The van der Waals surface area contributed by atoms with Gasteiger partial charge in [-0.15, -0.1) is 0 Å². The summed E-state index contributed by atoms with van der Waals surface area (Å²) < 4.78 is 0. The Labute approximate surface area is 108 Å². The first kappa shape index (κ1) is 13.2. The minimum Gasteiger partial charge on any atom is -0.392 e. The lowest BCUT2D eigenvalue weighted by atomic mass is 10.1. The van der Waals surface area contributed by atoms with Crippen LogP contribution in [0.1, 0.15) is 13.8 Å². The van der Waals surface area contributed by atoms with Crippen LogP contribution < -0.4 is 4.90 Å². The molecule has 1 aliphatic heterocycles. The number of hydrogen-bond donors (Lipinski definition) is 1. The minimum absolute atomic E-state index is 0.232. The van der Waals surface area contributed by atoms with Gasteiger partial charge in [0.2, 0.25) is 5.95 Å². The number of piperazine rings is 1. The first-order valence-electron chi connectivity index (χ1n) is 6.59. The van der Waals surface area contributed by atoms with E-state index >= 15 is 0 Å². The second kappa shape index (κ2) is 6.11. The monoisotopic (exact) mass is 250 g/mol. The number of hydrogen-bond acceptors (Lipinski definition) is 5. The summed E-state index contributed by atoms with van der Waals surface area (Å²) in [4.78, 5) is 13.0. The molecular formula is C13H22N4O. The second-order valence-electron chi connectivity index (χ2n) is 5.15. The Hall–Kier alpha value is -1.20. The Morgan fingerprint density at radius 1 is 1.17 bits per heavy atom. The lowest BCUT2D eigenvalue weighted by molar-refractivity contribution is 0.0738. The molecule has 5 heteroatoms. The zero-order chi connectivity index (χ0) is 13.0. The highest BCUT2D eigenvalue weighted by Crippen LogP contribution is 2.11. The third kappa shape index (κ3) is 3.40. The van der Waals surface area contributed by atoms with E-state index in [-0.39, 0.29) is 6.10 Å². The molecular weight excluding hydrogens is 228 g/mol. The molecule has 1 aromatic heterocycles. The van der Waals surface area contributed by atoms with Gasteiger partial charge in [0.1, 0.15) is 0 Å². The fourth-order valence-corrected chi connectivity index (χ4v) is 2.06. The lowest BCUT2D eigenvalue weighted by Crippen LogP contribution is -2.49. The van der Waals surface area contributed by atoms with E-state index in [4.69, 9.17) is 0 Å². The fraction of sp³-hybridized carbons (Fsp3) is 0.692. The van der Waals surface area contributed by atoms with Crippen LogP contribution in [0.15, 0.2) is 18.5 Å². The van der Waals surface area contributed by atoms with E-state index in [0.717, 1.165) is 38.7 Å². The van der Waals surface area contributed by atoms with Crippen molar-refractivity contribution < 1.29 is 5.11 Å². The molecule has 1 fully saturated rings. The largest absolute Gasteiger partial charge is 0.392 e. The van der Waals surface area contributed by atoms with Gasteiger partial charge >= 0.3 is 0 Å². The number of aliphatic hydroxyl groups excluding tert-OH is 1. The van der Waals surface area contributed by atoms with Crippen molar-refractivity contribution in [1.82, 2.24) is 14.9 Å². The van der Waals surface area contributed by atoms with Crippen LogP contribution in [0, 0.1) is 5.92 Å². The first-order chi connectivity index (χ1) is 8.66. The maximum absolute atomic E-state index is 9.88. The number of nitrogens with zero attached hydrogens (tertiary/aromatic N) is 4. The summed E-state index contributed by atoms with van der Waals surface area (Å²) >= 11 is 0. The van der Waals surface area contributed by atoms with E-state index in [2.05, 4.69) is 33.6 Å². The molecule has 1 unspecified atom stereocenters. The summed E-state index contributed by atoms with van der Waals surface area (Å²) in [6.07, 6.45) is 3.32. The average Bonchev–Trinajstić information content (AvgIpc) is 2.40. The van der Waals surface area contributed by atoms with Crippen LogP contribution in [0.4, 0.5) is 5.95 Å². The quantitative estimate of drug-likeness (QED) is 0.849. The molecule has 1 N–H and O–H groups in total. The smallest absolute Gasteiger partial charge is 0.225 e. The first-order valence-corrected chi connectivity index (χ1v) is 6.59. The lowest BCUT2D eigenvalue weighted by Gasteiger charge is -2.36. The van der Waals surface area contributed by atoms with Gasteiger partial charge in [-0.1, -0.05) is 13.8 Å². The van der Waals surface area contributed by atoms with Gasteiger partial charge in [-0.3, -0.25) is 4.90 Å². The number of aromatic nitrogens is 2. The van der Waals surface area contributed by atoms with E-state index in [1.54, 1.807) is 12.4 Å². The normalized spacial score (nSPS) is 19.2. The van der Waals surface area contributed by atoms with Crippen LogP contribution in [0.3, 0.4) is 0 Å². The molecule has 0 saturated carbocycles. The van der Waals surface area contributed by atoms with Gasteiger partial charge in [-0.05, 0) is 12.0 Å². The summed E-state index contributed by atoms with van der Waals surface area (Å²) in [5.74, 6) is 1.13. The maximum atomic E-state index is 9.88. The highest BCUT2D eigenvalue weighted by Gasteiger charge is 2.21. The Balaban J connectivity index is 1.81. The molecule has 0 aliphatic carbocycles. The molecule has 2 rings (SSSR count). The highest BCUT2D eigenvalue weighted by molar-refractivity contribution is 5.29. The van der Waals surface area contributed by atoms with Crippen LogP contribution in [0.5, 0.6) is 0 Å². The predicted octanol–water partition coefficient (Wildman–Crippen LogP) is 0.615. The van der Waals surface area contributed by atoms with Crippen molar-refractivity contribution in [2.24, 2.45) is 5.92 Å². The summed E-state index contributed by atoms with van der Waals surface area (Å²) in [6, 6.07) is 1.83. The van der Waals surface area contributed by atoms with Crippen molar-refractivity contribution in [3.05, 3.63) is 18.5 Å². The number of anilines is 1. The van der Waals surface area contributed by atoms with Crippen molar-refractivity contribution >= 4 is 5.95 Å². The molecule has 1 atom stereocenters. The minimum atomic E-state index is -0.232. The Bertz CT molecular complexity index is 349. The van der Waals surface area contributed by atoms with Gasteiger partial charge in [-0.2, -0.15) is 0 Å². The molecule has 18 heavy (non-hydrogen) atoms. The van der Waals surface area contributed by atoms with E-state index in [0.29, 0.717) is 5.92 Å². The van der Waals surface area contributed by atoms with E-state index in [9.17, 15) is 5.11 Å². The second-order valence-corrected chi connectivity index (χ2v) is 5.15. The highest BCUT2D eigenvalue weighted by atomic mass is 16.3. The molecule has 1 aliphatic rings. The van der Waals surface area contributed by atoms with Gasteiger partial charge in [0, 0.05) is 45.1 Å². The standard InChI is InChI=1S/C13H22N4O/c1-11(2)12(18)10-16-6-8-17(9-7-16)13-14-4-3-5-15-13/h3-5,11-12,18H,6-10H2,1-2H3. The molecule has 1 aromatic rings.